The number of benzene rings is 1. The van der Waals surface area contributed by atoms with Crippen LogP contribution in [0, 0.1) is 0 Å². The van der Waals surface area contributed by atoms with E-state index in [0.717, 1.165) is 44.2 Å². The Morgan fingerprint density at radius 3 is 2.55 bits per heavy atom. The van der Waals surface area contributed by atoms with Gasteiger partial charge in [-0.2, -0.15) is 0 Å². The molecule has 0 bridgehead atoms. The Labute approximate surface area is 133 Å². The molecule has 1 saturated heterocycles. The van der Waals surface area contributed by atoms with Gasteiger partial charge in [-0.3, -0.25) is 4.79 Å². The predicted molar refractivity (Wildman–Crippen MR) is 87.8 cm³/mol. The van der Waals surface area contributed by atoms with Gasteiger partial charge in [-0.15, -0.1) is 0 Å². The smallest absolute Gasteiger partial charge is 0.316 e. The fourth-order valence-corrected chi connectivity index (χ4v) is 3.99. The first-order valence-electron chi connectivity index (χ1n) is 8.72. The average molecular weight is 301 g/mol. The number of ether oxygens (including phenoxy) is 1. The molecule has 3 rings (SSSR count). The van der Waals surface area contributed by atoms with Gasteiger partial charge in [-0.05, 0) is 44.7 Å². The highest BCUT2D eigenvalue weighted by molar-refractivity contribution is 5.83. The third-order valence-electron chi connectivity index (χ3n) is 5.38. The molecular weight excluding hydrogens is 274 g/mol. The summed E-state index contributed by atoms with van der Waals surface area (Å²) in [5, 5.41) is 3.49. The van der Waals surface area contributed by atoms with E-state index in [4.69, 9.17) is 4.74 Å². The zero-order valence-corrected chi connectivity index (χ0v) is 13.5. The number of nitrogens with one attached hydrogen (secondary N) is 1. The van der Waals surface area contributed by atoms with Crippen molar-refractivity contribution in [3.63, 3.8) is 0 Å². The Bertz CT molecular complexity index is 487. The minimum Gasteiger partial charge on any atom is -0.460 e. The van der Waals surface area contributed by atoms with E-state index in [-0.39, 0.29) is 12.1 Å². The van der Waals surface area contributed by atoms with E-state index < -0.39 is 5.41 Å². The lowest BCUT2D eigenvalue weighted by molar-refractivity contribution is -0.157. The van der Waals surface area contributed by atoms with Crippen molar-refractivity contribution < 1.29 is 9.53 Å². The molecule has 1 N–H and O–H groups in total. The Morgan fingerprint density at radius 2 is 1.91 bits per heavy atom. The molecule has 120 valence electrons. The van der Waals surface area contributed by atoms with Crippen LogP contribution in [0.3, 0.4) is 0 Å². The van der Waals surface area contributed by atoms with E-state index in [2.05, 4.69) is 17.4 Å². The molecule has 2 unspecified atom stereocenters. The van der Waals surface area contributed by atoms with Crippen molar-refractivity contribution in [2.75, 3.05) is 6.54 Å². The molecule has 2 fully saturated rings. The first-order chi connectivity index (χ1) is 10.7. The van der Waals surface area contributed by atoms with E-state index in [9.17, 15) is 4.79 Å². The third-order valence-corrected chi connectivity index (χ3v) is 5.38. The number of esters is 1. The van der Waals surface area contributed by atoms with Crippen LogP contribution < -0.4 is 5.32 Å². The third kappa shape index (κ3) is 3.05. The molecular formula is C19H27NO2. The highest BCUT2D eigenvalue weighted by Crippen LogP contribution is 2.42. The Kier molecular flexibility index (Phi) is 4.82. The summed E-state index contributed by atoms with van der Waals surface area (Å²) < 4.78 is 5.93. The molecule has 1 aliphatic carbocycles. The van der Waals surface area contributed by atoms with Gasteiger partial charge in [0.15, 0.2) is 0 Å². The summed E-state index contributed by atoms with van der Waals surface area (Å²) in [5.41, 5.74) is 0.714. The van der Waals surface area contributed by atoms with Crippen LogP contribution in [-0.2, 0) is 14.9 Å². The molecule has 0 spiro atoms. The molecule has 1 aromatic carbocycles. The summed E-state index contributed by atoms with van der Waals surface area (Å²) in [6, 6.07) is 10.5. The minimum atomic E-state index is -0.413. The molecule has 3 heteroatoms. The standard InChI is InChI=1S/C19H27NO2/c1-15(17-11-5-8-14-20-17)22-18(21)19(12-6-7-13-19)16-9-3-2-4-10-16/h2-4,9-10,15,17,20H,5-8,11-14H2,1H3. The SMILES string of the molecule is CC(OC(=O)C1(c2ccccc2)CCCC1)C1CCCCN1. The lowest BCUT2D eigenvalue weighted by atomic mass is 9.79. The maximum absolute atomic E-state index is 13.0. The molecule has 1 aliphatic heterocycles. The van der Waals surface area contributed by atoms with Crippen molar-refractivity contribution in [2.24, 2.45) is 0 Å². The van der Waals surface area contributed by atoms with Gasteiger partial charge in [0, 0.05) is 6.04 Å². The lowest BCUT2D eigenvalue weighted by Gasteiger charge is -2.33. The number of carbonyl (C=O) groups excluding carboxylic acids is 1. The van der Waals surface area contributed by atoms with Gasteiger partial charge in [0.2, 0.25) is 0 Å². The van der Waals surface area contributed by atoms with E-state index in [1.54, 1.807) is 0 Å². The molecule has 3 nitrogen and oxygen atoms in total. The normalized spacial score (nSPS) is 25.6. The van der Waals surface area contributed by atoms with Crippen molar-refractivity contribution in [3.8, 4) is 0 Å². The van der Waals surface area contributed by atoms with Crippen molar-refractivity contribution in [1.29, 1.82) is 0 Å². The first kappa shape index (κ1) is 15.5. The largest absolute Gasteiger partial charge is 0.460 e. The zero-order chi connectivity index (χ0) is 15.4. The highest BCUT2D eigenvalue weighted by atomic mass is 16.5. The topological polar surface area (TPSA) is 38.3 Å². The lowest BCUT2D eigenvalue weighted by Crippen LogP contribution is -2.46. The molecule has 1 aromatic rings. The Hall–Kier alpha value is -1.35. The van der Waals surface area contributed by atoms with Gasteiger partial charge in [-0.25, -0.2) is 0 Å². The van der Waals surface area contributed by atoms with E-state index >= 15 is 0 Å². The fourth-order valence-electron chi connectivity index (χ4n) is 3.99. The second-order valence-electron chi connectivity index (χ2n) is 6.82. The van der Waals surface area contributed by atoms with Gasteiger partial charge in [0.05, 0.1) is 5.41 Å². The molecule has 2 atom stereocenters. The second-order valence-corrected chi connectivity index (χ2v) is 6.82. The first-order valence-corrected chi connectivity index (χ1v) is 8.72. The monoisotopic (exact) mass is 301 g/mol. The molecule has 1 saturated carbocycles. The number of hydrogen-bond donors (Lipinski definition) is 1. The summed E-state index contributed by atoms with van der Waals surface area (Å²) in [4.78, 5) is 13.0. The van der Waals surface area contributed by atoms with Crippen LogP contribution in [0.5, 0.6) is 0 Å². The molecule has 1 heterocycles. The van der Waals surface area contributed by atoms with Crippen LogP contribution >= 0.6 is 0 Å². The average Bonchev–Trinajstić information content (AvgIpc) is 3.07. The quantitative estimate of drug-likeness (QED) is 0.864. The van der Waals surface area contributed by atoms with Gasteiger partial charge >= 0.3 is 5.97 Å². The summed E-state index contributed by atoms with van der Waals surface area (Å²) in [7, 11) is 0. The fraction of sp³-hybridized carbons (Fsp3) is 0.632. The second kappa shape index (κ2) is 6.82. The Morgan fingerprint density at radius 1 is 1.18 bits per heavy atom. The van der Waals surface area contributed by atoms with Crippen LogP contribution in [0.2, 0.25) is 0 Å². The van der Waals surface area contributed by atoms with Crippen LogP contribution in [0.15, 0.2) is 30.3 Å². The van der Waals surface area contributed by atoms with E-state index in [0.29, 0.717) is 6.04 Å². The zero-order valence-electron chi connectivity index (χ0n) is 13.5. The molecule has 2 aliphatic rings. The van der Waals surface area contributed by atoms with Gasteiger partial charge < -0.3 is 10.1 Å². The van der Waals surface area contributed by atoms with Crippen LogP contribution in [0.1, 0.15) is 57.4 Å². The summed E-state index contributed by atoms with van der Waals surface area (Å²) in [6.07, 6.45) is 7.57. The van der Waals surface area contributed by atoms with E-state index in [1.165, 1.54) is 12.8 Å². The number of carbonyl (C=O) groups is 1. The van der Waals surface area contributed by atoms with Crippen LogP contribution in [0.4, 0.5) is 0 Å². The number of piperidine rings is 1. The molecule has 22 heavy (non-hydrogen) atoms. The van der Waals surface area contributed by atoms with Crippen molar-refractivity contribution in [2.45, 2.75) is 69.4 Å². The van der Waals surface area contributed by atoms with Gasteiger partial charge in [0.25, 0.3) is 0 Å². The summed E-state index contributed by atoms with van der Waals surface area (Å²) in [6.45, 7) is 3.07. The molecule has 0 aromatic heterocycles. The van der Waals surface area contributed by atoms with Crippen molar-refractivity contribution in [3.05, 3.63) is 35.9 Å². The Balaban J connectivity index is 1.73. The highest BCUT2D eigenvalue weighted by Gasteiger charge is 2.45. The predicted octanol–water partition coefficient (Wildman–Crippen LogP) is 3.57. The summed E-state index contributed by atoms with van der Waals surface area (Å²) >= 11 is 0. The maximum Gasteiger partial charge on any atom is 0.316 e. The molecule has 0 radical (unpaired) electrons. The molecule has 0 amide bonds. The minimum absolute atomic E-state index is 0.0175. The van der Waals surface area contributed by atoms with Crippen LogP contribution in [-0.4, -0.2) is 24.7 Å². The van der Waals surface area contributed by atoms with Crippen LogP contribution in [0.25, 0.3) is 0 Å². The summed E-state index contributed by atoms with van der Waals surface area (Å²) in [5.74, 6) is -0.0175. The van der Waals surface area contributed by atoms with Gasteiger partial charge in [-0.1, -0.05) is 49.6 Å². The van der Waals surface area contributed by atoms with Gasteiger partial charge in [0.1, 0.15) is 6.10 Å². The van der Waals surface area contributed by atoms with Crippen molar-refractivity contribution in [1.82, 2.24) is 5.32 Å². The van der Waals surface area contributed by atoms with E-state index in [1.807, 2.05) is 25.1 Å². The number of rotatable bonds is 4. The maximum atomic E-state index is 13.0. The number of hydrogen-bond acceptors (Lipinski definition) is 3. The van der Waals surface area contributed by atoms with Crippen molar-refractivity contribution >= 4 is 5.97 Å².